The second-order valence-electron chi connectivity index (χ2n) is 10.5. The van der Waals surface area contributed by atoms with Crippen molar-refractivity contribution in [1.82, 2.24) is 15.1 Å². The van der Waals surface area contributed by atoms with Crippen molar-refractivity contribution in [3.63, 3.8) is 0 Å². The van der Waals surface area contributed by atoms with E-state index in [4.69, 9.17) is 19.9 Å². The third-order valence-electron chi connectivity index (χ3n) is 7.62. The van der Waals surface area contributed by atoms with Crippen LogP contribution in [-0.4, -0.2) is 53.6 Å². The number of carbonyl (C=O) groups excluding carboxylic acids is 1. The zero-order chi connectivity index (χ0) is 30.3. The molecule has 3 heterocycles. The molecule has 12 heteroatoms. The topological polar surface area (TPSA) is 113 Å². The van der Waals surface area contributed by atoms with Crippen molar-refractivity contribution in [1.29, 1.82) is 0 Å². The molecular weight excluding hydrogens is 551 g/mol. The summed E-state index contributed by atoms with van der Waals surface area (Å²) in [5.74, 6) is 0.585. The molecule has 0 aliphatic carbocycles. The predicted molar refractivity (Wildman–Crippen MR) is 151 cm³/mol. The Morgan fingerprint density at radius 1 is 1.29 bits per heavy atom. The molecule has 1 aromatic heterocycles. The van der Waals surface area contributed by atoms with Crippen LogP contribution in [0.3, 0.4) is 0 Å². The Kier molecular flexibility index (Phi) is 7.52. The number of para-hydroxylation sites is 1. The summed E-state index contributed by atoms with van der Waals surface area (Å²) in [5.41, 5.74) is 5.23. The average Bonchev–Trinajstić information content (AvgIpc) is 3.60. The molecule has 2 unspecified atom stereocenters. The average molecular weight is 584 g/mol. The summed E-state index contributed by atoms with van der Waals surface area (Å²) in [6, 6.07) is 12.0. The summed E-state index contributed by atoms with van der Waals surface area (Å²) >= 11 is 0. The van der Waals surface area contributed by atoms with Gasteiger partial charge >= 0.3 is 12.1 Å². The first-order valence-electron chi connectivity index (χ1n) is 13.5. The van der Waals surface area contributed by atoms with E-state index in [9.17, 15) is 18.0 Å². The Bertz CT molecular complexity index is 1560. The monoisotopic (exact) mass is 583 g/mol. The van der Waals surface area contributed by atoms with Gasteiger partial charge in [0, 0.05) is 30.5 Å². The molecule has 0 saturated carbocycles. The van der Waals surface area contributed by atoms with E-state index in [2.05, 4.69) is 22.0 Å². The number of methoxy groups -OCH3 is 1. The van der Waals surface area contributed by atoms with Gasteiger partial charge in [-0.3, -0.25) is 0 Å². The van der Waals surface area contributed by atoms with Gasteiger partial charge in [0.25, 0.3) is 0 Å². The summed E-state index contributed by atoms with van der Waals surface area (Å²) in [6.45, 7) is 7.34. The molecule has 0 bridgehead atoms. The molecule has 1 fully saturated rings. The van der Waals surface area contributed by atoms with E-state index in [1.807, 2.05) is 19.1 Å². The lowest BCUT2D eigenvalue weighted by Crippen LogP contribution is -2.68. The molecule has 5 rings (SSSR count). The van der Waals surface area contributed by atoms with E-state index >= 15 is 0 Å². The van der Waals surface area contributed by atoms with Gasteiger partial charge in [-0.05, 0) is 30.7 Å². The molecular formula is C30H32F3N5O4. The molecule has 222 valence electrons. The molecule has 3 aromatic rings. The number of alkyl halides is 3. The Morgan fingerprint density at radius 2 is 2.02 bits per heavy atom. The Hall–Kier alpha value is -4.32. The fourth-order valence-electron chi connectivity index (χ4n) is 5.40. The maximum atomic E-state index is 14.5. The summed E-state index contributed by atoms with van der Waals surface area (Å²) in [5, 5.41) is 7.19. The molecule has 1 saturated heterocycles. The van der Waals surface area contributed by atoms with Gasteiger partial charge in [-0.1, -0.05) is 37.8 Å². The largest absolute Gasteiger partial charge is 0.493 e. The van der Waals surface area contributed by atoms with E-state index in [0.29, 0.717) is 42.0 Å². The number of fused-ring (bicyclic) bond motifs is 1. The number of benzene rings is 2. The van der Waals surface area contributed by atoms with Crippen molar-refractivity contribution in [2.75, 3.05) is 20.3 Å². The highest BCUT2D eigenvalue weighted by atomic mass is 19.4. The van der Waals surface area contributed by atoms with E-state index in [1.54, 1.807) is 37.3 Å². The minimum Gasteiger partial charge on any atom is -0.493 e. The SMILES string of the molecule is C=C(NCC1(C(F)(F)F)CC(C)(c2cccc3c2OCC3)O1)c1cnn(-c2cccc(C(=O)OC)c2)c1/N=C(\N)CC. The van der Waals surface area contributed by atoms with Gasteiger partial charge < -0.3 is 25.3 Å². The third kappa shape index (κ3) is 5.11. The van der Waals surface area contributed by atoms with E-state index < -0.39 is 29.9 Å². The van der Waals surface area contributed by atoms with Crippen LogP contribution < -0.4 is 15.8 Å². The first-order valence-corrected chi connectivity index (χ1v) is 13.5. The summed E-state index contributed by atoms with van der Waals surface area (Å²) in [4.78, 5) is 16.5. The van der Waals surface area contributed by atoms with Gasteiger partial charge in [-0.25, -0.2) is 14.5 Å². The van der Waals surface area contributed by atoms with Crippen LogP contribution in [0.4, 0.5) is 19.0 Å². The Balaban J connectivity index is 1.41. The van der Waals surface area contributed by atoms with Gasteiger partial charge in [-0.15, -0.1) is 0 Å². The highest BCUT2D eigenvalue weighted by molar-refractivity contribution is 5.90. The first-order chi connectivity index (χ1) is 19.9. The van der Waals surface area contributed by atoms with Gasteiger partial charge in [0.15, 0.2) is 11.4 Å². The third-order valence-corrected chi connectivity index (χ3v) is 7.62. The normalized spacial score (nSPS) is 21.7. The minimum atomic E-state index is -4.66. The summed E-state index contributed by atoms with van der Waals surface area (Å²) in [7, 11) is 1.27. The van der Waals surface area contributed by atoms with Gasteiger partial charge in [-0.2, -0.15) is 18.3 Å². The predicted octanol–water partition coefficient (Wildman–Crippen LogP) is 5.19. The van der Waals surface area contributed by atoms with Crippen LogP contribution in [0, 0.1) is 0 Å². The van der Waals surface area contributed by atoms with Crippen LogP contribution in [0.5, 0.6) is 5.75 Å². The fourth-order valence-corrected chi connectivity index (χ4v) is 5.40. The maximum absolute atomic E-state index is 14.5. The van der Waals surface area contributed by atoms with Crippen LogP contribution in [0.2, 0.25) is 0 Å². The number of aliphatic imine (C=N–C) groups is 1. The smallest absolute Gasteiger partial charge is 0.419 e. The lowest BCUT2D eigenvalue weighted by molar-refractivity contribution is -0.382. The molecule has 2 aliphatic heterocycles. The lowest BCUT2D eigenvalue weighted by atomic mass is 9.74. The number of rotatable bonds is 9. The second-order valence-corrected chi connectivity index (χ2v) is 10.5. The molecule has 2 atom stereocenters. The first kappa shape index (κ1) is 29.2. The number of esters is 1. The molecule has 0 amide bonds. The Morgan fingerprint density at radius 3 is 2.71 bits per heavy atom. The zero-order valence-electron chi connectivity index (χ0n) is 23.5. The maximum Gasteiger partial charge on any atom is 0.419 e. The number of nitrogens with one attached hydrogen (secondary N) is 1. The van der Waals surface area contributed by atoms with Crippen molar-refractivity contribution in [2.45, 2.75) is 50.5 Å². The number of carbonyl (C=O) groups is 1. The van der Waals surface area contributed by atoms with Crippen molar-refractivity contribution < 1.29 is 32.2 Å². The fraction of sp³-hybridized carbons (Fsp3) is 0.367. The number of nitrogens with two attached hydrogens (primary N) is 1. The number of hydrogen-bond acceptors (Lipinski definition) is 7. The summed E-state index contributed by atoms with van der Waals surface area (Å²) < 4.78 is 61.2. The highest BCUT2D eigenvalue weighted by Gasteiger charge is 2.68. The second kappa shape index (κ2) is 10.8. The Labute approximate surface area is 241 Å². The van der Waals surface area contributed by atoms with Crippen LogP contribution in [0.25, 0.3) is 11.4 Å². The van der Waals surface area contributed by atoms with Crippen molar-refractivity contribution in [3.05, 3.63) is 77.5 Å². The number of halogens is 3. The number of aromatic nitrogens is 2. The number of amidine groups is 1. The molecule has 0 spiro atoms. The number of hydrogen-bond donors (Lipinski definition) is 2. The van der Waals surface area contributed by atoms with Gasteiger partial charge in [0.1, 0.15) is 11.6 Å². The summed E-state index contributed by atoms with van der Waals surface area (Å²) in [6.07, 6.45) is -2.41. The van der Waals surface area contributed by atoms with Gasteiger partial charge in [0.2, 0.25) is 0 Å². The standard InChI is InChI=1S/C30H32F3N5O4/c1-5-24(34)37-26-22(15-36-38(26)21-10-6-9-20(14-21)27(39)40-4)18(2)35-17-29(30(31,32)33)16-28(3,42-29)23-11-7-8-19-12-13-41-25(19)23/h6-11,14-15,35H,2,5,12-13,16-17H2,1,3-4H3,(H2,34,37). The van der Waals surface area contributed by atoms with Crippen LogP contribution >= 0.6 is 0 Å². The molecule has 2 aliphatic rings. The van der Waals surface area contributed by atoms with Crippen LogP contribution in [-0.2, 0) is 21.5 Å². The molecule has 3 N–H and O–H groups in total. The zero-order valence-corrected chi connectivity index (χ0v) is 23.5. The molecule has 9 nitrogen and oxygen atoms in total. The van der Waals surface area contributed by atoms with Crippen molar-refractivity contribution in [2.24, 2.45) is 10.7 Å². The van der Waals surface area contributed by atoms with E-state index in [1.165, 1.54) is 18.0 Å². The lowest BCUT2D eigenvalue weighted by Gasteiger charge is -2.55. The quantitative estimate of drug-likeness (QED) is 0.203. The minimum absolute atomic E-state index is 0.151. The van der Waals surface area contributed by atoms with Crippen LogP contribution in [0.1, 0.15) is 53.7 Å². The molecule has 42 heavy (non-hydrogen) atoms. The molecule has 0 radical (unpaired) electrons. The van der Waals surface area contributed by atoms with Crippen molar-refractivity contribution >= 4 is 23.3 Å². The van der Waals surface area contributed by atoms with Crippen molar-refractivity contribution in [3.8, 4) is 11.4 Å². The van der Waals surface area contributed by atoms with Gasteiger partial charge in [0.05, 0.1) is 48.9 Å². The number of nitrogens with zero attached hydrogens (tertiary/aromatic N) is 3. The number of ether oxygens (including phenoxy) is 3. The highest BCUT2D eigenvalue weighted by Crippen LogP contribution is 2.57. The van der Waals surface area contributed by atoms with E-state index in [0.717, 1.165) is 5.56 Å². The van der Waals surface area contributed by atoms with Crippen LogP contribution in [0.15, 0.2) is 60.2 Å². The van der Waals surface area contributed by atoms with E-state index in [-0.39, 0.29) is 29.3 Å². The molecule has 2 aromatic carbocycles.